The topological polar surface area (TPSA) is 73.8 Å². The lowest BCUT2D eigenvalue weighted by Gasteiger charge is -2.27. The van der Waals surface area contributed by atoms with Gasteiger partial charge in [0.2, 0.25) is 10.0 Å². The first-order valence-electron chi connectivity index (χ1n) is 9.75. The Morgan fingerprint density at radius 3 is 2.67 bits per heavy atom. The Kier molecular flexibility index (Phi) is 7.43. The van der Waals surface area contributed by atoms with Gasteiger partial charge in [-0.3, -0.25) is 4.99 Å². The first-order chi connectivity index (χ1) is 13.1. The molecule has 0 bridgehead atoms. The highest BCUT2D eigenvalue weighted by molar-refractivity contribution is 8.00. The molecule has 2 aliphatic rings. The molecular weight excluding hydrogens is 380 g/mol. The molecule has 2 heterocycles. The Morgan fingerprint density at radius 2 is 1.96 bits per heavy atom. The van der Waals surface area contributed by atoms with E-state index in [1.54, 1.807) is 23.5 Å². The molecule has 1 atom stereocenters. The Bertz CT molecular complexity index is 740. The van der Waals surface area contributed by atoms with Gasteiger partial charge in [-0.15, -0.1) is 0 Å². The van der Waals surface area contributed by atoms with Gasteiger partial charge in [0.15, 0.2) is 5.96 Å². The van der Waals surface area contributed by atoms with Gasteiger partial charge in [-0.25, -0.2) is 8.42 Å². The monoisotopic (exact) mass is 410 g/mol. The van der Waals surface area contributed by atoms with E-state index >= 15 is 0 Å². The van der Waals surface area contributed by atoms with E-state index in [0.717, 1.165) is 31.4 Å². The molecule has 3 rings (SSSR count). The largest absolute Gasteiger partial charge is 0.355 e. The third-order valence-electron chi connectivity index (χ3n) is 5.10. The average molecular weight is 411 g/mol. The molecule has 8 heteroatoms. The van der Waals surface area contributed by atoms with E-state index in [0.29, 0.717) is 35.7 Å². The molecule has 0 spiro atoms. The van der Waals surface area contributed by atoms with E-state index < -0.39 is 10.0 Å². The molecule has 2 saturated heterocycles. The number of guanidine groups is 1. The van der Waals surface area contributed by atoms with Crippen molar-refractivity contribution in [2.24, 2.45) is 4.99 Å². The van der Waals surface area contributed by atoms with Crippen LogP contribution in [0.2, 0.25) is 0 Å². The predicted molar refractivity (Wildman–Crippen MR) is 113 cm³/mol. The van der Waals surface area contributed by atoms with Crippen LogP contribution in [-0.2, 0) is 16.6 Å². The van der Waals surface area contributed by atoms with Gasteiger partial charge < -0.3 is 10.6 Å². The van der Waals surface area contributed by atoms with Gasteiger partial charge in [0.1, 0.15) is 0 Å². The van der Waals surface area contributed by atoms with Crippen molar-refractivity contribution >= 4 is 27.7 Å². The smallest absolute Gasteiger partial charge is 0.243 e. The Labute approximate surface area is 167 Å². The van der Waals surface area contributed by atoms with E-state index in [1.165, 1.54) is 18.6 Å². The van der Waals surface area contributed by atoms with Crippen LogP contribution in [0.3, 0.4) is 0 Å². The summed E-state index contributed by atoms with van der Waals surface area (Å²) in [4.78, 5) is 4.67. The van der Waals surface area contributed by atoms with Crippen LogP contribution in [0.5, 0.6) is 0 Å². The normalized spacial score (nSPS) is 22.0. The van der Waals surface area contributed by atoms with Crippen molar-refractivity contribution in [1.29, 1.82) is 0 Å². The molecule has 2 fully saturated rings. The first kappa shape index (κ1) is 20.5. The van der Waals surface area contributed by atoms with E-state index in [9.17, 15) is 8.42 Å². The molecule has 0 amide bonds. The number of nitrogens with zero attached hydrogens (tertiary/aromatic N) is 2. The predicted octanol–water partition coefficient (Wildman–Crippen LogP) is 2.42. The average Bonchev–Trinajstić information content (AvgIpc) is 3.22. The molecule has 0 aromatic heterocycles. The van der Waals surface area contributed by atoms with Gasteiger partial charge in [0.25, 0.3) is 0 Å². The summed E-state index contributed by atoms with van der Waals surface area (Å²) >= 11 is 2.00. The van der Waals surface area contributed by atoms with Gasteiger partial charge in [-0.1, -0.05) is 24.6 Å². The zero-order chi connectivity index (χ0) is 19.1. The third-order valence-corrected chi connectivity index (χ3v) is 8.49. The second-order valence-electron chi connectivity index (χ2n) is 7.01. The van der Waals surface area contributed by atoms with Crippen molar-refractivity contribution in [2.75, 3.05) is 32.4 Å². The number of aliphatic imine (C=N–C) groups is 1. The van der Waals surface area contributed by atoms with Crippen molar-refractivity contribution in [1.82, 2.24) is 14.9 Å². The Balaban J connectivity index is 1.64. The lowest BCUT2D eigenvalue weighted by Crippen LogP contribution is -2.40. The molecule has 2 aliphatic heterocycles. The van der Waals surface area contributed by atoms with Crippen LogP contribution in [0.1, 0.15) is 37.7 Å². The van der Waals surface area contributed by atoms with Gasteiger partial charge in [-0.05, 0) is 43.1 Å². The fraction of sp³-hybridized carbons (Fsp3) is 0.632. The fourth-order valence-corrected chi connectivity index (χ4v) is 6.50. The van der Waals surface area contributed by atoms with Crippen molar-refractivity contribution < 1.29 is 8.42 Å². The number of sulfonamides is 1. The SMILES string of the molecule is CN=C(NCc1ccccc1S(=O)(=O)N1CCCCC1)NCC1CCCS1. The maximum Gasteiger partial charge on any atom is 0.243 e. The molecule has 1 aromatic rings. The fourth-order valence-electron chi connectivity index (χ4n) is 3.56. The number of rotatable bonds is 6. The molecule has 0 radical (unpaired) electrons. The molecule has 0 aliphatic carbocycles. The number of thioether (sulfide) groups is 1. The molecule has 2 N–H and O–H groups in total. The highest BCUT2D eigenvalue weighted by Crippen LogP contribution is 2.25. The Hall–Kier alpha value is -1.25. The quantitative estimate of drug-likeness (QED) is 0.557. The summed E-state index contributed by atoms with van der Waals surface area (Å²) in [5.74, 6) is 1.95. The number of benzene rings is 1. The van der Waals surface area contributed by atoms with E-state index in [-0.39, 0.29) is 0 Å². The van der Waals surface area contributed by atoms with Gasteiger partial charge in [-0.2, -0.15) is 16.1 Å². The van der Waals surface area contributed by atoms with E-state index in [2.05, 4.69) is 15.6 Å². The summed E-state index contributed by atoms with van der Waals surface area (Å²) < 4.78 is 27.8. The first-order valence-corrected chi connectivity index (χ1v) is 12.2. The second kappa shape index (κ2) is 9.80. The van der Waals surface area contributed by atoms with E-state index in [4.69, 9.17) is 0 Å². The van der Waals surface area contributed by atoms with Crippen LogP contribution in [0.4, 0.5) is 0 Å². The molecule has 0 saturated carbocycles. The zero-order valence-electron chi connectivity index (χ0n) is 16.0. The van der Waals surface area contributed by atoms with Crippen molar-refractivity contribution in [3.8, 4) is 0 Å². The Morgan fingerprint density at radius 1 is 1.19 bits per heavy atom. The molecule has 1 unspecified atom stereocenters. The summed E-state index contributed by atoms with van der Waals surface area (Å²) in [7, 11) is -1.70. The number of nitrogens with one attached hydrogen (secondary N) is 2. The van der Waals surface area contributed by atoms with Gasteiger partial charge >= 0.3 is 0 Å². The molecule has 6 nitrogen and oxygen atoms in total. The summed E-state index contributed by atoms with van der Waals surface area (Å²) in [6, 6.07) is 7.28. The zero-order valence-corrected chi connectivity index (χ0v) is 17.6. The summed E-state index contributed by atoms with van der Waals surface area (Å²) in [6.07, 6.45) is 5.51. The highest BCUT2D eigenvalue weighted by atomic mass is 32.2. The van der Waals surface area contributed by atoms with Gasteiger partial charge in [0, 0.05) is 38.5 Å². The molecule has 1 aromatic carbocycles. The standard InChI is InChI=1S/C19H30N4O2S2/c1-20-19(22-15-17-9-7-13-26-17)21-14-16-8-3-4-10-18(16)27(24,25)23-11-5-2-6-12-23/h3-4,8,10,17H,2,5-7,9,11-15H2,1H3,(H2,20,21,22). The maximum atomic E-state index is 13.1. The number of hydrogen-bond acceptors (Lipinski definition) is 4. The van der Waals surface area contributed by atoms with E-state index in [1.807, 2.05) is 23.9 Å². The van der Waals surface area contributed by atoms with Crippen LogP contribution in [-0.4, -0.2) is 56.4 Å². The third kappa shape index (κ3) is 5.39. The second-order valence-corrected chi connectivity index (χ2v) is 10.3. The van der Waals surface area contributed by atoms with Crippen LogP contribution in [0.15, 0.2) is 34.2 Å². The van der Waals surface area contributed by atoms with Crippen molar-refractivity contribution in [3.05, 3.63) is 29.8 Å². The van der Waals surface area contributed by atoms with Gasteiger partial charge in [0.05, 0.1) is 4.90 Å². The highest BCUT2D eigenvalue weighted by Gasteiger charge is 2.27. The van der Waals surface area contributed by atoms with Crippen molar-refractivity contribution in [2.45, 2.75) is 48.8 Å². The summed E-state index contributed by atoms with van der Waals surface area (Å²) in [6.45, 7) is 2.55. The van der Waals surface area contributed by atoms with Crippen LogP contribution in [0.25, 0.3) is 0 Å². The summed E-state index contributed by atoms with van der Waals surface area (Å²) in [5.41, 5.74) is 0.779. The number of piperidine rings is 1. The number of hydrogen-bond donors (Lipinski definition) is 2. The van der Waals surface area contributed by atoms with Crippen molar-refractivity contribution in [3.63, 3.8) is 0 Å². The molecular formula is C19H30N4O2S2. The van der Waals surface area contributed by atoms with Crippen LogP contribution in [0, 0.1) is 0 Å². The van der Waals surface area contributed by atoms with Crippen LogP contribution >= 0.6 is 11.8 Å². The van der Waals surface area contributed by atoms with Crippen LogP contribution < -0.4 is 10.6 Å². The summed E-state index contributed by atoms with van der Waals surface area (Å²) in [5, 5.41) is 7.27. The maximum absolute atomic E-state index is 13.1. The minimum atomic E-state index is -3.44. The lowest BCUT2D eigenvalue weighted by atomic mass is 10.2. The minimum Gasteiger partial charge on any atom is -0.355 e. The minimum absolute atomic E-state index is 0.404. The lowest BCUT2D eigenvalue weighted by molar-refractivity contribution is 0.346. The molecule has 27 heavy (non-hydrogen) atoms. The molecule has 150 valence electrons.